The van der Waals surface area contributed by atoms with Gasteiger partial charge in [0.1, 0.15) is 6.54 Å². The zero-order chi connectivity index (χ0) is 17.0. The first-order chi connectivity index (χ1) is 11.0. The third kappa shape index (κ3) is 3.39. The van der Waals surface area contributed by atoms with Crippen molar-refractivity contribution in [1.29, 1.82) is 0 Å². The Morgan fingerprint density at radius 2 is 1.87 bits per heavy atom. The van der Waals surface area contributed by atoms with Crippen molar-refractivity contribution in [3.63, 3.8) is 0 Å². The average molecular weight is 322 g/mol. The van der Waals surface area contributed by atoms with Gasteiger partial charge in [-0.25, -0.2) is 4.90 Å². The van der Waals surface area contributed by atoms with Gasteiger partial charge in [0.25, 0.3) is 11.8 Å². The number of rotatable bonds is 7. The number of carbonyl (C=O) groups excluding carboxylic acids is 2. The molecule has 0 bridgehead atoms. The fourth-order valence-electron chi connectivity index (χ4n) is 2.18. The molecule has 0 atom stereocenters. The van der Waals surface area contributed by atoms with Crippen molar-refractivity contribution in [2.45, 2.75) is 19.9 Å². The molecule has 0 aliphatic carbocycles. The fourth-order valence-corrected chi connectivity index (χ4v) is 2.18. The molecule has 0 spiro atoms. The first kappa shape index (κ1) is 16.7. The lowest BCUT2D eigenvalue weighted by Crippen LogP contribution is -2.39. The Labute approximate surface area is 132 Å². The number of imide groups is 1. The Hall–Kier alpha value is -2.68. The van der Waals surface area contributed by atoms with Gasteiger partial charge >= 0.3 is 0 Å². The molecule has 0 unspecified atom stereocenters. The van der Waals surface area contributed by atoms with Gasteiger partial charge in [-0.1, -0.05) is 12.1 Å². The van der Waals surface area contributed by atoms with E-state index in [9.17, 15) is 14.8 Å². The molecule has 0 aromatic heterocycles. The lowest BCUT2D eigenvalue weighted by Gasteiger charge is -2.20. The van der Waals surface area contributed by atoms with Gasteiger partial charge in [0.05, 0.1) is 28.7 Å². The first-order valence-electron chi connectivity index (χ1n) is 7.10. The van der Waals surface area contributed by atoms with E-state index in [-0.39, 0.29) is 24.2 Å². The molecule has 1 aromatic rings. The zero-order valence-electron chi connectivity index (χ0n) is 12.9. The van der Waals surface area contributed by atoms with Crippen molar-refractivity contribution in [2.24, 2.45) is 5.28 Å². The average Bonchev–Trinajstić information content (AvgIpc) is 2.77. The van der Waals surface area contributed by atoms with E-state index in [1.165, 1.54) is 5.01 Å². The summed E-state index contributed by atoms with van der Waals surface area (Å²) in [5.74, 6) is -0.983. The highest BCUT2D eigenvalue weighted by Gasteiger charge is 2.35. The van der Waals surface area contributed by atoms with Gasteiger partial charge in [-0.05, 0) is 26.0 Å². The maximum Gasteiger partial charge on any atom is 0.264 e. The summed E-state index contributed by atoms with van der Waals surface area (Å²) < 4.78 is 0. The Bertz CT molecular complexity index is 596. The van der Waals surface area contributed by atoms with E-state index in [2.05, 4.69) is 5.28 Å². The summed E-state index contributed by atoms with van der Waals surface area (Å²) >= 11 is 0. The number of carbonyl (C=O) groups is 2. The molecule has 9 nitrogen and oxygen atoms in total. The van der Waals surface area contributed by atoms with Gasteiger partial charge in [0.2, 0.25) is 12.0 Å². The van der Waals surface area contributed by atoms with Crippen LogP contribution >= 0.6 is 0 Å². The van der Waals surface area contributed by atoms with Crippen LogP contribution in [-0.4, -0.2) is 57.7 Å². The van der Waals surface area contributed by atoms with Crippen LogP contribution in [0.15, 0.2) is 29.5 Å². The number of fused-ring (bicyclic) bond motifs is 1. The van der Waals surface area contributed by atoms with Crippen molar-refractivity contribution < 1.29 is 24.5 Å². The smallest absolute Gasteiger partial charge is 0.264 e. The summed E-state index contributed by atoms with van der Waals surface area (Å²) in [6.07, 6.45) is 0. The molecular weight excluding hydrogens is 304 g/mol. The Balaban J connectivity index is 2.01. The first-order valence-corrected chi connectivity index (χ1v) is 7.10. The van der Waals surface area contributed by atoms with Crippen LogP contribution in [0.25, 0.3) is 0 Å². The van der Waals surface area contributed by atoms with Gasteiger partial charge in [-0.3, -0.25) is 9.59 Å². The highest BCUT2D eigenvalue weighted by Crippen LogP contribution is 2.22. The van der Waals surface area contributed by atoms with E-state index in [0.29, 0.717) is 11.1 Å². The molecule has 1 aliphatic rings. The number of benzene rings is 1. The van der Waals surface area contributed by atoms with Crippen LogP contribution in [0.3, 0.4) is 0 Å². The fraction of sp³-hybridized carbons (Fsp3) is 0.429. The second-order valence-corrected chi connectivity index (χ2v) is 5.16. The van der Waals surface area contributed by atoms with E-state index in [1.807, 2.05) is 0 Å². The third-order valence-electron chi connectivity index (χ3n) is 3.34. The number of hydrazine groups is 1. The molecule has 1 aliphatic heterocycles. The molecule has 0 saturated heterocycles. The lowest BCUT2D eigenvalue weighted by atomic mass is 10.1. The molecule has 1 heterocycles. The molecule has 124 valence electrons. The van der Waals surface area contributed by atoms with Gasteiger partial charge in [0.15, 0.2) is 0 Å². The third-order valence-corrected chi connectivity index (χ3v) is 3.34. The van der Waals surface area contributed by atoms with E-state index < -0.39 is 18.5 Å². The molecule has 0 radical (unpaired) electrons. The van der Waals surface area contributed by atoms with E-state index in [0.717, 1.165) is 4.90 Å². The number of hydrogen-bond acceptors (Lipinski definition) is 6. The maximum absolute atomic E-state index is 12.1. The van der Waals surface area contributed by atoms with Crippen molar-refractivity contribution in [1.82, 2.24) is 9.91 Å². The number of hydrogen-bond donors (Lipinski definition) is 1. The summed E-state index contributed by atoms with van der Waals surface area (Å²) in [6, 6.07) is 6.22. The maximum atomic E-state index is 12.1. The van der Waals surface area contributed by atoms with Crippen LogP contribution in [0.5, 0.6) is 0 Å². The molecule has 2 rings (SSSR count). The summed E-state index contributed by atoms with van der Waals surface area (Å²) in [5.41, 5.74) is 0.591. The topological polar surface area (TPSA) is 109 Å². The predicted molar refractivity (Wildman–Crippen MR) is 77.9 cm³/mol. The molecule has 1 N–H and O–H groups in total. The van der Waals surface area contributed by atoms with Crippen LogP contribution in [-0.2, 0) is 4.84 Å². The second kappa shape index (κ2) is 7.05. The normalized spacial score (nSPS) is 14.4. The summed E-state index contributed by atoms with van der Waals surface area (Å²) in [4.78, 5) is 30.0. The van der Waals surface area contributed by atoms with E-state index >= 15 is 0 Å². The Morgan fingerprint density at radius 3 is 2.35 bits per heavy atom. The Morgan fingerprint density at radius 1 is 1.30 bits per heavy atom. The van der Waals surface area contributed by atoms with E-state index in [4.69, 9.17) is 9.94 Å². The van der Waals surface area contributed by atoms with E-state index in [1.54, 1.807) is 38.1 Å². The number of aliphatic hydroxyl groups excluding tert-OH is 1. The monoisotopic (exact) mass is 322 g/mol. The molecule has 1 aromatic carbocycles. The SMILES string of the molecule is CC(C)N(CCO)/[N+]([O-])=N/OCN1C(=O)c2ccccc2C1=O. The predicted octanol–water partition coefficient (Wildman–Crippen LogP) is 0.752. The highest BCUT2D eigenvalue weighted by atomic mass is 16.7. The van der Waals surface area contributed by atoms with Crippen LogP contribution in [0, 0.1) is 5.21 Å². The molecule has 2 amide bonds. The standard InChI is InChI=1S/C14H18N4O5/c1-10(2)17(7-8-19)18(22)15-23-9-16-13(20)11-5-3-4-6-12(11)14(16)21/h3-6,10,19H,7-9H2,1-2H3/b18-15-. The molecular formula is C14H18N4O5. The largest absolute Gasteiger partial charge is 0.569 e. The molecule has 0 saturated carbocycles. The number of nitrogens with zero attached hydrogens (tertiary/aromatic N) is 4. The second-order valence-electron chi connectivity index (χ2n) is 5.16. The van der Waals surface area contributed by atoms with Crippen LogP contribution in [0.4, 0.5) is 0 Å². The lowest BCUT2D eigenvalue weighted by molar-refractivity contribution is -0.717. The van der Waals surface area contributed by atoms with Crippen LogP contribution < -0.4 is 0 Å². The minimum Gasteiger partial charge on any atom is -0.569 e. The van der Waals surface area contributed by atoms with Crippen LogP contribution in [0.1, 0.15) is 34.6 Å². The van der Waals surface area contributed by atoms with Crippen molar-refractivity contribution in [3.8, 4) is 0 Å². The quantitative estimate of drug-likeness (QED) is 0.343. The van der Waals surface area contributed by atoms with Gasteiger partial charge < -0.3 is 15.2 Å². The van der Waals surface area contributed by atoms with Crippen molar-refractivity contribution >= 4 is 11.8 Å². The van der Waals surface area contributed by atoms with Gasteiger partial charge in [0, 0.05) is 0 Å². The molecule has 9 heteroatoms. The minimum atomic E-state index is -0.491. The number of aliphatic hydroxyl groups is 1. The van der Waals surface area contributed by atoms with Gasteiger partial charge in [-0.2, -0.15) is 0 Å². The highest BCUT2D eigenvalue weighted by molar-refractivity contribution is 6.21. The minimum absolute atomic E-state index is 0.0844. The zero-order valence-corrected chi connectivity index (χ0v) is 12.9. The summed E-state index contributed by atoms with van der Waals surface area (Å²) in [7, 11) is 0. The van der Waals surface area contributed by atoms with Crippen LogP contribution in [0.2, 0.25) is 0 Å². The van der Waals surface area contributed by atoms with Gasteiger partial charge in [-0.15, -0.1) is 5.01 Å². The summed E-state index contributed by atoms with van der Waals surface area (Å²) in [6.45, 7) is 2.91. The van der Waals surface area contributed by atoms with Crippen molar-refractivity contribution in [2.75, 3.05) is 19.9 Å². The molecule has 23 heavy (non-hydrogen) atoms. The molecule has 0 fully saturated rings. The number of amides is 2. The Kier molecular flexibility index (Phi) is 5.12. The van der Waals surface area contributed by atoms with Crippen molar-refractivity contribution in [3.05, 3.63) is 40.6 Å². The summed E-state index contributed by atoms with van der Waals surface area (Å²) in [5, 5.41) is 25.2.